The van der Waals surface area contributed by atoms with Crippen LogP contribution < -0.4 is 10.6 Å². The van der Waals surface area contributed by atoms with Crippen LogP contribution >= 0.6 is 0 Å². The van der Waals surface area contributed by atoms with E-state index in [-0.39, 0.29) is 0 Å². The topological polar surface area (TPSA) is 109 Å². The van der Waals surface area contributed by atoms with Gasteiger partial charge in [0.15, 0.2) is 17.3 Å². The Kier molecular flexibility index (Phi) is 4.73. The summed E-state index contributed by atoms with van der Waals surface area (Å²) < 4.78 is 2.22. The monoisotopic (exact) mass is 425 g/mol. The normalized spacial score (nSPS) is 14.9. The number of hydrogen-bond donors (Lipinski definition) is 3. The number of aromatic amines is 1. The van der Waals surface area contributed by atoms with Gasteiger partial charge in [-0.3, -0.25) is 15.1 Å². The molecular formula is C23H23N9. The fourth-order valence-corrected chi connectivity index (χ4v) is 4.35. The predicted molar refractivity (Wildman–Crippen MR) is 124 cm³/mol. The molecule has 0 amide bonds. The fraction of sp³-hybridized carbons (Fsp3) is 0.261. The maximum absolute atomic E-state index is 4.83. The molecule has 0 saturated carbocycles. The first-order valence-corrected chi connectivity index (χ1v) is 10.9. The van der Waals surface area contributed by atoms with Crippen LogP contribution in [0.25, 0.3) is 33.5 Å². The highest BCUT2D eigenvalue weighted by molar-refractivity contribution is 5.90. The lowest BCUT2D eigenvalue weighted by atomic mass is 9.98. The van der Waals surface area contributed by atoms with Crippen LogP contribution in [0.15, 0.2) is 55.1 Å². The van der Waals surface area contributed by atoms with E-state index in [0.29, 0.717) is 17.6 Å². The summed E-state index contributed by atoms with van der Waals surface area (Å²) in [6.45, 7) is 3.15. The lowest BCUT2D eigenvalue weighted by Gasteiger charge is -2.23. The molecule has 32 heavy (non-hydrogen) atoms. The molecule has 6 heterocycles. The molecule has 0 aromatic carbocycles. The summed E-state index contributed by atoms with van der Waals surface area (Å²) in [5, 5.41) is 14.2. The van der Waals surface area contributed by atoms with E-state index < -0.39 is 0 Å². The largest absolute Gasteiger partial charge is 0.331 e. The van der Waals surface area contributed by atoms with E-state index in [1.54, 1.807) is 18.6 Å². The Morgan fingerprint density at radius 3 is 2.88 bits per heavy atom. The molecular weight excluding hydrogens is 402 g/mol. The van der Waals surface area contributed by atoms with E-state index in [9.17, 15) is 0 Å². The maximum Gasteiger partial charge on any atom is 0.161 e. The number of piperidine rings is 1. The third kappa shape index (κ3) is 3.56. The molecule has 1 aliphatic heterocycles. The van der Waals surface area contributed by atoms with Crippen molar-refractivity contribution in [3.63, 3.8) is 0 Å². The van der Waals surface area contributed by atoms with Crippen molar-refractivity contribution < 1.29 is 0 Å². The number of fused-ring (bicyclic) bond motifs is 2. The molecule has 160 valence electrons. The number of nitrogens with one attached hydrogen (secondary N) is 3. The molecule has 1 fully saturated rings. The van der Waals surface area contributed by atoms with Crippen molar-refractivity contribution >= 4 is 33.8 Å². The van der Waals surface area contributed by atoms with Gasteiger partial charge < -0.3 is 15.2 Å². The number of rotatable bonds is 5. The Bertz CT molecular complexity index is 1380. The van der Waals surface area contributed by atoms with E-state index in [2.05, 4.69) is 46.5 Å². The van der Waals surface area contributed by atoms with Crippen LogP contribution in [-0.2, 0) is 6.54 Å². The lowest BCUT2D eigenvalue weighted by molar-refractivity contribution is 0.336. The van der Waals surface area contributed by atoms with E-state index in [1.165, 1.54) is 12.8 Å². The standard InChI is InChI=1S/C23H23N9/c1-2-17-22(26-7-1)16(5-10-25-17)19-12-20(31-30-19)28-21-13-27-18-6-11-32(23(18)29-21)14-15-3-8-24-9-4-15/h1-2,5-7,10-13,15,24H,3-4,8-9,14H2,(H2,28,29,30,31). The van der Waals surface area contributed by atoms with Gasteiger partial charge in [0.1, 0.15) is 5.52 Å². The molecule has 0 unspecified atom stereocenters. The minimum absolute atomic E-state index is 0.665. The molecule has 0 aliphatic carbocycles. The van der Waals surface area contributed by atoms with Gasteiger partial charge in [0.05, 0.1) is 22.9 Å². The van der Waals surface area contributed by atoms with E-state index >= 15 is 0 Å². The second-order valence-corrected chi connectivity index (χ2v) is 8.15. The van der Waals surface area contributed by atoms with Crippen molar-refractivity contribution in [3.05, 3.63) is 55.1 Å². The van der Waals surface area contributed by atoms with Gasteiger partial charge in [-0.1, -0.05) is 0 Å². The Hall–Kier alpha value is -3.85. The molecule has 0 atom stereocenters. The van der Waals surface area contributed by atoms with E-state index in [1.807, 2.05) is 30.3 Å². The molecule has 0 radical (unpaired) electrons. The van der Waals surface area contributed by atoms with Crippen LogP contribution in [0.2, 0.25) is 0 Å². The Morgan fingerprint density at radius 2 is 1.94 bits per heavy atom. The van der Waals surface area contributed by atoms with Crippen molar-refractivity contribution in [1.29, 1.82) is 0 Å². The SMILES string of the molecule is c1cnc2c(-c3cc(Nc4cnc5ccn(CC6CCNCC6)c5n4)n[nH]3)ccnc2c1. The van der Waals surface area contributed by atoms with Gasteiger partial charge in [0.25, 0.3) is 0 Å². The van der Waals surface area contributed by atoms with Gasteiger partial charge >= 0.3 is 0 Å². The lowest BCUT2D eigenvalue weighted by Crippen LogP contribution is -2.29. The highest BCUT2D eigenvalue weighted by Crippen LogP contribution is 2.27. The first-order valence-electron chi connectivity index (χ1n) is 10.9. The van der Waals surface area contributed by atoms with Crippen LogP contribution in [0.4, 0.5) is 11.6 Å². The number of hydrogen-bond acceptors (Lipinski definition) is 7. The molecule has 9 nitrogen and oxygen atoms in total. The van der Waals surface area contributed by atoms with Crippen LogP contribution in [0.5, 0.6) is 0 Å². The highest BCUT2D eigenvalue weighted by Gasteiger charge is 2.16. The zero-order chi connectivity index (χ0) is 21.3. The fourth-order valence-electron chi connectivity index (χ4n) is 4.35. The summed E-state index contributed by atoms with van der Waals surface area (Å²) in [7, 11) is 0. The van der Waals surface area contributed by atoms with Crippen molar-refractivity contribution in [2.24, 2.45) is 5.92 Å². The summed E-state index contributed by atoms with van der Waals surface area (Å²) in [5.74, 6) is 2.01. The van der Waals surface area contributed by atoms with Crippen LogP contribution in [-0.4, -0.2) is 47.8 Å². The molecule has 5 aromatic heterocycles. The molecule has 9 heteroatoms. The summed E-state index contributed by atoms with van der Waals surface area (Å²) >= 11 is 0. The van der Waals surface area contributed by atoms with Crippen molar-refractivity contribution in [2.45, 2.75) is 19.4 Å². The molecule has 0 spiro atoms. The third-order valence-electron chi connectivity index (χ3n) is 6.00. The minimum Gasteiger partial charge on any atom is -0.331 e. The van der Waals surface area contributed by atoms with Gasteiger partial charge in [0.2, 0.25) is 0 Å². The van der Waals surface area contributed by atoms with Crippen molar-refractivity contribution in [3.8, 4) is 11.3 Å². The molecule has 5 aromatic rings. The quantitative estimate of drug-likeness (QED) is 0.395. The van der Waals surface area contributed by atoms with Gasteiger partial charge in [-0.2, -0.15) is 5.10 Å². The second-order valence-electron chi connectivity index (χ2n) is 8.15. The Balaban J connectivity index is 1.26. The molecule has 0 bridgehead atoms. The molecule has 6 rings (SSSR count). The Labute approximate surface area is 184 Å². The van der Waals surface area contributed by atoms with Crippen LogP contribution in [0.3, 0.4) is 0 Å². The highest BCUT2D eigenvalue weighted by atomic mass is 15.2. The molecule has 1 saturated heterocycles. The molecule has 3 N–H and O–H groups in total. The summed E-state index contributed by atoms with van der Waals surface area (Å²) in [6.07, 6.45) is 9.77. The molecule has 1 aliphatic rings. The zero-order valence-electron chi connectivity index (χ0n) is 17.5. The number of anilines is 2. The van der Waals surface area contributed by atoms with Gasteiger partial charge in [-0.15, -0.1) is 0 Å². The summed E-state index contributed by atoms with van der Waals surface area (Å²) in [4.78, 5) is 18.3. The van der Waals surface area contributed by atoms with Crippen LogP contribution in [0.1, 0.15) is 12.8 Å². The predicted octanol–water partition coefficient (Wildman–Crippen LogP) is 3.51. The van der Waals surface area contributed by atoms with Gasteiger partial charge in [0, 0.05) is 36.8 Å². The number of pyridine rings is 2. The third-order valence-corrected chi connectivity index (χ3v) is 6.00. The second kappa shape index (κ2) is 8.01. The smallest absolute Gasteiger partial charge is 0.161 e. The Morgan fingerprint density at radius 1 is 1.00 bits per heavy atom. The van der Waals surface area contributed by atoms with Crippen molar-refractivity contribution in [2.75, 3.05) is 18.4 Å². The maximum atomic E-state index is 4.83. The van der Waals surface area contributed by atoms with Crippen molar-refractivity contribution in [1.82, 2.24) is 40.0 Å². The van der Waals surface area contributed by atoms with Gasteiger partial charge in [-0.05, 0) is 56.1 Å². The first kappa shape index (κ1) is 18.9. The minimum atomic E-state index is 0.665. The average Bonchev–Trinajstić information content (AvgIpc) is 3.46. The number of nitrogens with zero attached hydrogens (tertiary/aromatic N) is 6. The first-order chi connectivity index (χ1) is 15.8. The summed E-state index contributed by atoms with van der Waals surface area (Å²) in [5.41, 5.74) is 5.30. The zero-order valence-corrected chi connectivity index (χ0v) is 17.5. The van der Waals surface area contributed by atoms with Gasteiger partial charge in [-0.25, -0.2) is 9.97 Å². The van der Waals surface area contributed by atoms with E-state index in [0.717, 1.165) is 53.1 Å². The summed E-state index contributed by atoms with van der Waals surface area (Å²) in [6, 6.07) is 9.75. The number of aromatic nitrogens is 7. The van der Waals surface area contributed by atoms with E-state index in [4.69, 9.17) is 4.98 Å². The number of H-pyrrole nitrogens is 1. The average molecular weight is 426 g/mol. The van der Waals surface area contributed by atoms with Crippen LogP contribution in [0, 0.1) is 5.92 Å².